The topological polar surface area (TPSA) is 41.6 Å². The molecule has 0 radical (unpaired) electrons. The van der Waals surface area contributed by atoms with Gasteiger partial charge in [-0.25, -0.2) is 0 Å². The molecule has 4 rings (SSSR count). The molecule has 3 aliphatic rings. The Labute approximate surface area is 131 Å². The van der Waals surface area contributed by atoms with Crippen LogP contribution in [-0.4, -0.2) is 32.2 Å². The highest BCUT2D eigenvalue weighted by atomic mass is 16.5. The molecule has 0 bridgehead atoms. The highest BCUT2D eigenvalue weighted by Crippen LogP contribution is 2.59. The first kappa shape index (κ1) is 14.1. The van der Waals surface area contributed by atoms with E-state index < -0.39 is 0 Å². The van der Waals surface area contributed by atoms with Crippen LogP contribution in [0.15, 0.2) is 24.3 Å². The van der Waals surface area contributed by atoms with Crippen molar-refractivity contribution < 1.29 is 9.53 Å². The number of anilines is 2. The number of ether oxygens (including phenoxy) is 1. The molecule has 1 saturated carbocycles. The number of hydrogen-bond donors (Lipinski definition) is 1. The summed E-state index contributed by atoms with van der Waals surface area (Å²) in [5.74, 6) is 0.386. The van der Waals surface area contributed by atoms with Gasteiger partial charge in [0.1, 0.15) is 0 Å². The highest BCUT2D eigenvalue weighted by Gasteiger charge is 2.58. The first-order valence-corrected chi connectivity index (χ1v) is 8.51. The standard InChI is InChI=1S/C18H24N2O2/c21-17(14-13-18(14)7-11-22-12-8-18)19-15-5-1-2-6-16(15)20-9-3-4-10-20/h1-2,5-6,14H,3-4,7-13H2,(H,19,21). The molecule has 1 unspecified atom stereocenters. The molecule has 0 aromatic heterocycles. The highest BCUT2D eigenvalue weighted by molar-refractivity contribution is 5.98. The summed E-state index contributed by atoms with van der Waals surface area (Å²) < 4.78 is 5.44. The molecule has 2 heterocycles. The predicted octanol–water partition coefficient (Wildman–Crippen LogP) is 3.04. The molecule has 1 atom stereocenters. The monoisotopic (exact) mass is 300 g/mol. The average Bonchev–Trinajstić information content (AvgIpc) is 2.99. The van der Waals surface area contributed by atoms with E-state index in [1.807, 2.05) is 12.1 Å². The molecule has 3 fully saturated rings. The molecular formula is C18H24N2O2. The molecule has 1 spiro atoms. The fraction of sp³-hybridized carbons (Fsp3) is 0.611. The molecular weight excluding hydrogens is 276 g/mol. The van der Waals surface area contributed by atoms with E-state index in [1.54, 1.807) is 0 Å². The Morgan fingerprint density at radius 3 is 2.68 bits per heavy atom. The van der Waals surface area contributed by atoms with Crippen LogP contribution in [0.2, 0.25) is 0 Å². The van der Waals surface area contributed by atoms with Crippen molar-refractivity contribution in [2.45, 2.75) is 32.1 Å². The van der Waals surface area contributed by atoms with Crippen molar-refractivity contribution in [1.82, 2.24) is 0 Å². The fourth-order valence-corrected chi connectivity index (χ4v) is 4.08. The lowest BCUT2D eigenvalue weighted by Crippen LogP contribution is -2.25. The van der Waals surface area contributed by atoms with E-state index in [0.29, 0.717) is 0 Å². The Morgan fingerprint density at radius 2 is 1.91 bits per heavy atom. The maximum Gasteiger partial charge on any atom is 0.228 e. The molecule has 1 aromatic carbocycles. The third kappa shape index (κ3) is 2.50. The van der Waals surface area contributed by atoms with Crippen molar-refractivity contribution in [3.63, 3.8) is 0 Å². The summed E-state index contributed by atoms with van der Waals surface area (Å²) in [4.78, 5) is 15.0. The van der Waals surface area contributed by atoms with Crippen LogP contribution in [0.1, 0.15) is 32.1 Å². The van der Waals surface area contributed by atoms with E-state index in [4.69, 9.17) is 4.74 Å². The van der Waals surface area contributed by atoms with Gasteiger partial charge in [-0.05, 0) is 49.7 Å². The van der Waals surface area contributed by atoms with E-state index in [9.17, 15) is 4.79 Å². The van der Waals surface area contributed by atoms with E-state index in [2.05, 4.69) is 22.3 Å². The molecule has 1 N–H and O–H groups in total. The third-order valence-electron chi connectivity index (χ3n) is 5.60. The zero-order valence-corrected chi connectivity index (χ0v) is 13.0. The van der Waals surface area contributed by atoms with Crippen LogP contribution in [0.3, 0.4) is 0 Å². The van der Waals surface area contributed by atoms with E-state index in [-0.39, 0.29) is 17.2 Å². The molecule has 118 valence electrons. The van der Waals surface area contributed by atoms with Crippen molar-refractivity contribution in [3.8, 4) is 0 Å². The van der Waals surface area contributed by atoms with E-state index in [0.717, 1.165) is 51.3 Å². The number of nitrogens with one attached hydrogen (secondary N) is 1. The zero-order valence-electron chi connectivity index (χ0n) is 13.0. The number of amides is 1. The Hall–Kier alpha value is -1.55. The van der Waals surface area contributed by atoms with Gasteiger partial charge in [-0.2, -0.15) is 0 Å². The Kier molecular flexibility index (Phi) is 3.57. The lowest BCUT2D eigenvalue weighted by molar-refractivity contribution is -0.118. The molecule has 1 aromatic rings. The van der Waals surface area contributed by atoms with Gasteiger partial charge in [0.2, 0.25) is 5.91 Å². The maximum atomic E-state index is 12.6. The minimum atomic E-state index is 0.183. The van der Waals surface area contributed by atoms with Crippen molar-refractivity contribution >= 4 is 17.3 Å². The Bertz CT molecular complexity index is 560. The van der Waals surface area contributed by atoms with Crippen LogP contribution >= 0.6 is 0 Å². The molecule has 4 heteroatoms. The predicted molar refractivity (Wildman–Crippen MR) is 87.1 cm³/mol. The molecule has 1 amide bonds. The van der Waals surface area contributed by atoms with Gasteiger partial charge >= 0.3 is 0 Å². The van der Waals surface area contributed by atoms with Gasteiger partial charge < -0.3 is 15.0 Å². The summed E-state index contributed by atoms with van der Waals surface area (Å²) in [6.45, 7) is 3.82. The Balaban J connectivity index is 1.46. The number of carbonyl (C=O) groups excluding carboxylic acids is 1. The smallest absolute Gasteiger partial charge is 0.228 e. The average molecular weight is 300 g/mol. The summed E-state index contributed by atoms with van der Waals surface area (Å²) in [5.41, 5.74) is 2.39. The summed E-state index contributed by atoms with van der Waals surface area (Å²) >= 11 is 0. The van der Waals surface area contributed by atoms with Crippen molar-refractivity contribution in [3.05, 3.63) is 24.3 Å². The zero-order chi connectivity index (χ0) is 15.0. The SMILES string of the molecule is O=C(Nc1ccccc1N1CCCC1)C1CC12CCOCC2. The summed E-state index contributed by atoms with van der Waals surface area (Å²) in [7, 11) is 0. The number of hydrogen-bond acceptors (Lipinski definition) is 3. The Morgan fingerprint density at radius 1 is 1.18 bits per heavy atom. The summed E-state index contributed by atoms with van der Waals surface area (Å²) in [5, 5.41) is 3.20. The first-order chi connectivity index (χ1) is 10.8. The van der Waals surface area contributed by atoms with Gasteiger partial charge in [0, 0.05) is 32.2 Å². The van der Waals surface area contributed by atoms with Crippen LogP contribution < -0.4 is 10.2 Å². The van der Waals surface area contributed by atoms with Crippen LogP contribution in [-0.2, 0) is 9.53 Å². The van der Waals surface area contributed by atoms with Gasteiger partial charge in [0.05, 0.1) is 11.4 Å². The van der Waals surface area contributed by atoms with Crippen molar-refractivity contribution in [1.29, 1.82) is 0 Å². The second-order valence-electron chi connectivity index (χ2n) is 6.93. The van der Waals surface area contributed by atoms with E-state index >= 15 is 0 Å². The molecule has 4 nitrogen and oxygen atoms in total. The van der Waals surface area contributed by atoms with Gasteiger partial charge in [0.25, 0.3) is 0 Å². The van der Waals surface area contributed by atoms with Crippen molar-refractivity contribution in [2.75, 3.05) is 36.5 Å². The van der Waals surface area contributed by atoms with Crippen LogP contribution in [0, 0.1) is 11.3 Å². The van der Waals surface area contributed by atoms with Gasteiger partial charge in [-0.3, -0.25) is 4.79 Å². The van der Waals surface area contributed by atoms with Crippen LogP contribution in [0.5, 0.6) is 0 Å². The lowest BCUT2D eigenvalue weighted by Gasteiger charge is -2.24. The fourth-order valence-electron chi connectivity index (χ4n) is 4.08. The van der Waals surface area contributed by atoms with Crippen LogP contribution in [0.25, 0.3) is 0 Å². The second kappa shape index (κ2) is 5.58. The van der Waals surface area contributed by atoms with Crippen molar-refractivity contribution in [2.24, 2.45) is 11.3 Å². The number of carbonyl (C=O) groups is 1. The molecule has 2 aliphatic heterocycles. The molecule has 2 saturated heterocycles. The van der Waals surface area contributed by atoms with Gasteiger partial charge in [-0.15, -0.1) is 0 Å². The van der Waals surface area contributed by atoms with Gasteiger partial charge in [0.15, 0.2) is 0 Å². The lowest BCUT2D eigenvalue weighted by atomic mass is 9.93. The maximum absolute atomic E-state index is 12.6. The number of rotatable bonds is 3. The first-order valence-electron chi connectivity index (χ1n) is 8.51. The minimum Gasteiger partial charge on any atom is -0.381 e. The van der Waals surface area contributed by atoms with Crippen LogP contribution in [0.4, 0.5) is 11.4 Å². The quantitative estimate of drug-likeness (QED) is 0.933. The number of benzene rings is 1. The largest absolute Gasteiger partial charge is 0.381 e. The molecule has 1 aliphatic carbocycles. The number of para-hydroxylation sites is 2. The third-order valence-corrected chi connectivity index (χ3v) is 5.60. The summed E-state index contributed by atoms with van der Waals surface area (Å²) in [6, 6.07) is 8.22. The number of nitrogens with zero attached hydrogens (tertiary/aromatic N) is 1. The summed E-state index contributed by atoms with van der Waals surface area (Å²) in [6.07, 6.45) is 5.60. The molecule has 22 heavy (non-hydrogen) atoms. The van der Waals surface area contributed by atoms with E-state index in [1.165, 1.54) is 18.5 Å². The normalized spacial score (nSPS) is 26.2. The van der Waals surface area contributed by atoms with Gasteiger partial charge in [-0.1, -0.05) is 12.1 Å². The minimum absolute atomic E-state index is 0.183. The second-order valence-corrected chi connectivity index (χ2v) is 6.93.